The standard InChI is InChI=1S/C28H35FN4O3/c1-18(2)31(6)26(34)22-15-20(29)7-8-24(22)33-17-23(21-9-12-30-16-25(21)33)19-10-13-32(14-11-19)27(35)36-28(3,4)5/h7-9,12,15-19H,10-11,13-14H2,1-6H3. The van der Waals surface area contributed by atoms with Crippen LogP contribution in [0.2, 0.25) is 0 Å². The molecule has 0 spiro atoms. The molecule has 3 aromatic rings. The fourth-order valence-electron chi connectivity index (χ4n) is 4.64. The zero-order chi connectivity index (χ0) is 26.2. The minimum atomic E-state index is -0.526. The summed E-state index contributed by atoms with van der Waals surface area (Å²) in [4.78, 5) is 33.5. The quantitative estimate of drug-likeness (QED) is 0.463. The van der Waals surface area contributed by atoms with Crippen LogP contribution in [0.1, 0.15) is 69.3 Å². The normalized spacial score (nSPS) is 14.9. The van der Waals surface area contributed by atoms with Crippen molar-refractivity contribution >= 4 is 22.9 Å². The van der Waals surface area contributed by atoms with Gasteiger partial charge in [0.05, 0.1) is 23.0 Å². The Balaban J connectivity index is 1.68. The van der Waals surface area contributed by atoms with Gasteiger partial charge in [-0.1, -0.05) is 0 Å². The minimum Gasteiger partial charge on any atom is -0.444 e. The molecule has 0 N–H and O–H groups in total. The maximum atomic E-state index is 14.3. The zero-order valence-electron chi connectivity index (χ0n) is 21.9. The number of benzene rings is 1. The highest BCUT2D eigenvalue weighted by Gasteiger charge is 2.30. The van der Waals surface area contributed by atoms with Gasteiger partial charge in [0.15, 0.2) is 0 Å². The lowest BCUT2D eigenvalue weighted by atomic mass is 9.89. The van der Waals surface area contributed by atoms with Crippen molar-refractivity contribution < 1.29 is 18.7 Å². The Hall–Kier alpha value is -3.42. The van der Waals surface area contributed by atoms with Gasteiger partial charge < -0.3 is 19.1 Å². The molecular formula is C28H35FN4O3. The van der Waals surface area contributed by atoms with Gasteiger partial charge in [-0.2, -0.15) is 0 Å². The van der Waals surface area contributed by atoms with Crippen molar-refractivity contribution in [2.24, 2.45) is 0 Å². The molecule has 0 radical (unpaired) electrons. The molecule has 0 saturated carbocycles. The Morgan fingerprint density at radius 3 is 2.50 bits per heavy atom. The predicted molar refractivity (Wildman–Crippen MR) is 138 cm³/mol. The van der Waals surface area contributed by atoms with E-state index in [1.54, 1.807) is 35.3 Å². The van der Waals surface area contributed by atoms with E-state index in [-0.39, 0.29) is 24.0 Å². The summed E-state index contributed by atoms with van der Waals surface area (Å²) in [6.45, 7) is 10.7. The average molecular weight is 495 g/mol. The lowest BCUT2D eigenvalue weighted by Crippen LogP contribution is -2.41. The number of amides is 2. The second kappa shape index (κ2) is 9.91. The van der Waals surface area contributed by atoms with Gasteiger partial charge in [0, 0.05) is 44.0 Å². The number of fused-ring (bicyclic) bond motifs is 1. The average Bonchev–Trinajstić information content (AvgIpc) is 3.21. The number of halogens is 1. The van der Waals surface area contributed by atoms with Crippen molar-refractivity contribution in [1.29, 1.82) is 0 Å². The van der Waals surface area contributed by atoms with Crippen LogP contribution >= 0.6 is 0 Å². The first-order valence-corrected chi connectivity index (χ1v) is 12.5. The molecule has 36 heavy (non-hydrogen) atoms. The summed E-state index contributed by atoms with van der Waals surface area (Å²) in [5.74, 6) is -0.464. The van der Waals surface area contributed by atoms with Crippen LogP contribution in [0, 0.1) is 5.82 Å². The molecule has 1 aliphatic rings. The first-order chi connectivity index (χ1) is 17.0. The monoisotopic (exact) mass is 494 g/mol. The minimum absolute atomic E-state index is 0.0255. The summed E-state index contributed by atoms with van der Waals surface area (Å²) < 4.78 is 21.8. The number of pyridine rings is 1. The number of rotatable bonds is 4. The Morgan fingerprint density at radius 2 is 1.86 bits per heavy atom. The number of aromatic nitrogens is 2. The maximum absolute atomic E-state index is 14.3. The number of carbonyl (C=O) groups excluding carboxylic acids is 2. The van der Waals surface area contributed by atoms with Gasteiger partial charge in [-0.05, 0) is 83.2 Å². The van der Waals surface area contributed by atoms with Crippen molar-refractivity contribution in [3.05, 3.63) is 59.8 Å². The third kappa shape index (κ3) is 5.22. The largest absolute Gasteiger partial charge is 0.444 e. The van der Waals surface area contributed by atoms with E-state index in [9.17, 15) is 14.0 Å². The predicted octanol–water partition coefficient (Wildman–Crippen LogP) is 5.76. The zero-order valence-corrected chi connectivity index (χ0v) is 21.9. The van der Waals surface area contributed by atoms with Gasteiger partial charge in [0.25, 0.3) is 5.91 Å². The van der Waals surface area contributed by atoms with Gasteiger partial charge in [0.1, 0.15) is 11.4 Å². The molecule has 7 nitrogen and oxygen atoms in total. The Labute approximate surface area is 211 Å². The molecule has 1 saturated heterocycles. The van der Waals surface area contributed by atoms with Crippen LogP contribution in [-0.2, 0) is 4.74 Å². The Bertz CT molecular complexity index is 1270. The summed E-state index contributed by atoms with van der Waals surface area (Å²) >= 11 is 0. The van der Waals surface area contributed by atoms with E-state index >= 15 is 0 Å². The van der Waals surface area contributed by atoms with Crippen LogP contribution in [0.25, 0.3) is 16.6 Å². The second-order valence-electron chi connectivity index (χ2n) is 10.8. The lowest BCUT2D eigenvalue weighted by molar-refractivity contribution is 0.0205. The molecule has 0 bridgehead atoms. The third-order valence-corrected chi connectivity index (χ3v) is 6.77. The Morgan fingerprint density at radius 1 is 1.17 bits per heavy atom. The first kappa shape index (κ1) is 25.7. The van der Waals surface area contributed by atoms with E-state index in [0.29, 0.717) is 24.3 Å². The SMILES string of the molecule is CC(C)N(C)C(=O)c1cc(F)ccc1-n1cc(C2CCN(C(=O)OC(C)(C)C)CC2)c2ccncc21. The summed E-state index contributed by atoms with van der Waals surface area (Å²) in [5, 5.41) is 1.04. The highest BCUT2D eigenvalue weighted by atomic mass is 19.1. The molecular weight excluding hydrogens is 459 g/mol. The molecule has 192 valence electrons. The molecule has 1 aliphatic heterocycles. The molecule has 0 atom stereocenters. The van der Waals surface area contributed by atoms with Crippen LogP contribution in [0.15, 0.2) is 42.9 Å². The van der Waals surface area contributed by atoms with E-state index in [4.69, 9.17) is 4.74 Å². The molecule has 0 unspecified atom stereocenters. The highest BCUT2D eigenvalue weighted by molar-refractivity contribution is 5.99. The topological polar surface area (TPSA) is 67.7 Å². The molecule has 1 fully saturated rings. The fourth-order valence-corrected chi connectivity index (χ4v) is 4.64. The van der Waals surface area contributed by atoms with Crippen molar-refractivity contribution in [1.82, 2.24) is 19.4 Å². The van der Waals surface area contributed by atoms with Crippen LogP contribution < -0.4 is 0 Å². The van der Waals surface area contributed by atoms with Gasteiger partial charge in [-0.3, -0.25) is 9.78 Å². The van der Waals surface area contributed by atoms with E-state index in [0.717, 1.165) is 29.3 Å². The number of nitrogens with zero attached hydrogens (tertiary/aromatic N) is 4. The second-order valence-corrected chi connectivity index (χ2v) is 10.8. The van der Waals surface area contributed by atoms with Gasteiger partial charge in [-0.25, -0.2) is 9.18 Å². The number of carbonyl (C=O) groups is 2. The molecule has 3 heterocycles. The maximum Gasteiger partial charge on any atom is 0.410 e. The highest BCUT2D eigenvalue weighted by Crippen LogP contribution is 2.36. The molecule has 2 amide bonds. The number of piperidine rings is 1. The van der Waals surface area contributed by atoms with Crippen molar-refractivity contribution in [2.45, 2.75) is 65.0 Å². The molecule has 0 aliphatic carbocycles. The smallest absolute Gasteiger partial charge is 0.410 e. The molecule has 1 aromatic carbocycles. The van der Waals surface area contributed by atoms with Crippen LogP contribution in [0.5, 0.6) is 0 Å². The van der Waals surface area contributed by atoms with E-state index < -0.39 is 11.4 Å². The van der Waals surface area contributed by atoms with Crippen molar-refractivity contribution in [3.63, 3.8) is 0 Å². The van der Waals surface area contributed by atoms with E-state index in [1.807, 2.05) is 51.4 Å². The number of hydrogen-bond acceptors (Lipinski definition) is 4. The summed E-state index contributed by atoms with van der Waals surface area (Å²) in [6, 6.07) is 6.29. The van der Waals surface area contributed by atoms with Gasteiger partial charge in [-0.15, -0.1) is 0 Å². The first-order valence-electron chi connectivity index (χ1n) is 12.5. The molecule has 4 rings (SSSR count). The number of ether oxygens (including phenoxy) is 1. The fraction of sp³-hybridized carbons (Fsp3) is 0.464. The van der Waals surface area contributed by atoms with E-state index in [2.05, 4.69) is 4.98 Å². The summed E-state index contributed by atoms with van der Waals surface area (Å²) in [5.41, 5.74) is 2.39. The third-order valence-electron chi connectivity index (χ3n) is 6.77. The molecule has 2 aromatic heterocycles. The number of likely N-dealkylation sites (tertiary alicyclic amines) is 1. The summed E-state index contributed by atoms with van der Waals surface area (Å²) in [6.07, 6.45) is 6.89. The molecule has 8 heteroatoms. The van der Waals surface area contributed by atoms with Crippen LogP contribution in [0.4, 0.5) is 9.18 Å². The van der Waals surface area contributed by atoms with Gasteiger partial charge >= 0.3 is 6.09 Å². The van der Waals surface area contributed by atoms with Crippen LogP contribution in [0.3, 0.4) is 0 Å². The van der Waals surface area contributed by atoms with E-state index in [1.165, 1.54) is 12.1 Å². The lowest BCUT2D eigenvalue weighted by Gasteiger charge is -2.33. The number of hydrogen-bond donors (Lipinski definition) is 0. The Kier molecular flexibility index (Phi) is 7.07. The van der Waals surface area contributed by atoms with Gasteiger partial charge in [0.2, 0.25) is 0 Å². The van der Waals surface area contributed by atoms with Crippen LogP contribution in [-0.4, -0.2) is 63.1 Å². The van der Waals surface area contributed by atoms with Crippen molar-refractivity contribution in [3.8, 4) is 5.69 Å². The summed E-state index contributed by atoms with van der Waals surface area (Å²) in [7, 11) is 1.72. The van der Waals surface area contributed by atoms with Crippen molar-refractivity contribution in [2.75, 3.05) is 20.1 Å².